The second kappa shape index (κ2) is 5.42. The Labute approximate surface area is 97.8 Å². The van der Waals surface area contributed by atoms with Crippen LogP contribution in [0.25, 0.3) is 0 Å². The fraction of sp³-hybridized carbons (Fsp3) is 0.250. The number of hydrogen-bond acceptors (Lipinski definition) is 3. The minimum atomic E-state index is -4.91. The third-order valence-electron chi connectivity index (χ3n) is 1.97. The van der Waals surface area contributed by atoms with Gasteiger partial charge in [-0.3, -0.25) is 14.4 Å². The lowest BCUT2D eigenvalue weighted by Crippen LogP contribution is -2.28. The Hall–Kier alpha value is -0.520. The molecule has 0 spiro atoms. The second-order valence-corrected chi connectivity index (χ2v) is 7.21. The Morgan fingerprint density at radius 1 is 1.00 bits per heavy atom. The SMILES string of the molecule is O=P(O)(O)C(NCc1ccccc1)P(=O)(O)O. The molecule has 0 bridgehead atoms. The van der Waals surface area contributed by atoms with Gasteiger partial charge in [0.05, 0.1) is 0 Å². The summed E-state index contributed by atoms with van der Waals surface area (Å²) in [6.45, 7) is -0.0400. The van der Waals surface area contributed by atoms with Crippen LogP contribution < -0.4 is 5.32 Å². The molecule has 96 valence electrons. The summed E-state index contributed by atoms with van der Waals surface area (Å²) in [4.78, 5) is 35.4. The van der Waals surface area contributed by atoms with Gasteiger partial charge in [-0.2, -0.15) is 0 Å². The zero-order valence-electron chi connectivity index (χ0n) is 8.67. The molecule has 17 heavy (non-hydrogen) atoms. The van der Waals surface area contributed by atoms with E-state index in [2.05, 4.69) is 5.32 Å². The molecular formula is C8H13NO6P2. The molecule has 0 amide bonds. The third-order valence-corrected chi connectivity index (χ3v) is 5.41. The van der Waals surface area contributed by atoms with Crippen LogP contribution in [0.1, 0.15) is 5.56 Å². The molecule has 1 rings (SSSR count). The first-order valence-corrected chi connectivity index (χ1v) is 7.95. The van der Waals surface area contributed by atoms with Gasteiger partial charge in [0.2, 0.25) is 5.52 Å². The van der Waals surface area contributed by atoms with Crippen molar-refractivity contribution in [1.82, 2.24) is 5.32 Å². The van der Waals surface area contributed by atoms with Gasteiger partial charge in [-0.05, 0) is 5.56 Å². The molecule has 0 radical (unpaired) electrons. The number of nitrogens with one attached hydrogen (secondary N) is 1. The number of benzene rings is 1. The van der Waals surface area contributed by atoms with E-state index in [-0.39, 0.29) is 6.54 Å². The highest BCUT2D eigenvalue weighted by molar-refractivity contribution is 7.70. The molecule has 1 aromatic rings. The fourth-order valence-corrected chi connectivity index (χ4v) is 3.46. The molecule has 0 fully saturated rings. The molecule has 9 heteroatoms. The average Bonchev–Trinajstić information content (AvgIpc) is 2.15. The number of hydrogen-bond donors (Lipinski definition) is 5. The summed E-state index contributed by atoms with van der Waals surface area (Å²) in [5.41, 5.74) is -1.50. The molecule has 5 N–H and O–H groups in total. The van der Waals surface area contributed by atoms with Crippen LogP contribution in [0.3, 0.4) is 0 Å². The summed E-state index contributed by atoms with van der Waals surface area (Å²) in [7, 11) is -9.82. The van der Waals surface area contributed by atoms with Crippen LogP contribution in [-0.2, 0) is 15.7 Å². The average molecular weight is 281 g/mol. The van der Waals surface area contributed by atoms with Crippen molar-refractivity contribution in [3.05, 3.63) is 35.9 Å². The minimum absolute atomic E-state index is 0.0400. The van der Waals surface area contributed by atoms with Crippen molar-refractivity contribution in [2.45, 2.75) is 12.1 Å². The van der Waals surface area contributed by atoms with E-state index in [1.54, 1.807) is 30.3 Å². The van der Waals surface area contributed by atoms with Gasteiger partial charge < -0.3 is 19.6 Å². The molecule has 0 saturated carbocycles. The van der Waals surface area contributed by atoms with E-state index in [1.807, 2.05) is 0 Å². The van der Waals surface area contributed by atoms with Gasteiger partial charge in [-0.15, -0.1) is 0 Å². The van der Waals surface area contributed by atoms with Crippen molar-refractivity contribution in [3.8, 4) is 0 Å². The molecule has 0 aliphatic heterocycles. The molecule has 0 aliphatic carbocycles. The summed E-state index contributed by atoms with van der Waals surface area (Å²) in [6, 6.07) is 8.52. The predicted molar refractivity (Wildman–Crippen MR) is 61.2 cm³/mol. The summed E-state index contributed by atoms with van der Waals surface area (Å²) >= 11 is 0. The highest BCUT2D eigenvalue weighted by atomic mass is 31.2. The molecule has 0 heterocycles. The Morgan fingerprint density at radius 2 is 1.47 bits per heavy atom. The third kappa shape index (κ3) is 4.69. The highest BCUT2D eigenvalue weighted by Crippen LogP contribution is 2.58. The van der Waals surface area contributed by atoms with Crippen molar-refractivity contribution in [2.75, 3.05) is 0 Å². The van der Waals surface area contributed by atoms with Crippen molar-refractivity contribution in [2.24, 2.45) is 0 Å². The predicted octanol–water partition coefficient (Wildman–Crippen LogP) is 0.415. The normalized spacial score (nSPS) is 13.0. The van der Waals surface area contributed by atoms with Crippen molar-refractivity contribution in [1.29, 1.82) is 0 Å². The Balaban J connectivity index is 2.77. The summed E-state index contributed by atoms with van der Waals surface area (Å²) in [5.74, 6) is 0. The van der Waals surface area contributed by atoms with Crippen LogP contribution in [0.15, 0.2) is 30.3 Å². The largest absolute Gasteiger partial charge is 0.354 e. The first kappa shape index (κ1) is 14.5. The van der Waals surface area contributed by atoms with E-state index >= 15 is 0 Å². The van der Waals surface area contributed by atoms with E-state index in [1.165, 1.54) is 0 Å². The molecular weight excluding hydrogens is 268 g/mol. The van der Waals surface area contributed by atoms with Crippen LogP contribution >= 0.6 is 15.2 Å². The summed E-state index contributed by atoms with van der Waals surface area (Å²) in [6.07, 6.45) is 0. The molecule has 1 aromatic carbocycles. The maximum Gasteiger partial charge on any atom is 0.354 e. The molecule has 7 nitrogen and oxygen atoms in total. The van der Waals surface area contributed by atoms with Gasteiger partial charge in [0.1, 0.15) is 0 Å². The monoisotopic (exact) mass is 281 g/mol. The quantitative estimate of drug-likeness (QED) is 0.495. The molecule has 0 aromatic heterocycles. The van der Waals surface area contributed by atoms with Crippen LogP contribution in [0.2, 0.25) is 0 Å². The van der Waals surface area contributed by atoms with Crippen LogP contribution in [0, 0.1) is 0 Å². The van der Waals surface area contributed by atoms with Gasteiger partial charge in [0.25, 0.3) is 0 Å². The topological polar surface area (TPSA) is 127 Å². The van der Waals surface area contributed by atoms with Crippen LogP contribution in [-0.4, -0.2) is 25.1 Å². The van der Waals surface area contributed by atoms with Gasteiger partial charge in [-0.1, -0.05) is 30.3 Å². The maximum absolute atomic E-state index is 10.9. The van der Waals surface area contributed by atoms with Gasteiger partial charge in [0.15, 0.2) is 0 Å². The lowest BCUT2D eigenvalue weighted by Gasteiger charge is -2.20. The van der Waals surface area contributed by atoms with E-state index in [0.29, 0.717) is 5.56 Å². The zero-order valence-corrected chi connectivity index (χ0v) is 10.5. The van der Waals surface area contributed by atoms with Crippen molar-refractivity contribution >= 4 is 15.2 Å². The standard InChI is InChI=1S/C8H13NO6P2/c10-16(11,12)8(17(13,14)15)9-6-7-4-2-1-3-5-7/h1-5,8-9H,6H2,(H2,10,11,12)(H2,13,14,15). The first-order valence-electron chi connectivity index (χ1n) is 4.59. The number of rotatable bonds is 5. The summed E-state index contributed by atoms with van der Waals surface area (Å²) < 4.78 is 21.9. The summed E-state index contributed by atoms with van der Waals surface area (Å²) in [5, 5.41) is 2.19. The highest BCUT2D eigenvalue weighted by Gasteiger charge is 2.42. The van der Waals surface area contributed by atoms with Gasteiger partial charge in [-0.25, -0.2) is 0 Å². The maximum atomic E-state index is 10.9. The Bertz CT molecular complexity index is 430. The van der Waals surface area contributed by atoms with Crippen molar-refractivity contribution in [3.63, 3.8) is 0 Å². The molecule has 0 unspecified atom stereocenters. The van der Waals surface area contributed by atoms with E-state index in [0.717, 1.165) is 0 Å². The van der Waals surface area contributed by atoms with Crippen LogP contribution in [0.4, 0.5) is 0 Å². The minimum Gasteiger partial charge on any atom is -0.323 e. The Morgan fingerprint density at radius 3 is 1.88 bits per heavy atom. The fourth-order valence-electron chi connectivity index (χ4n) is 1.24. The lowest BCUT2D eigenvalue weighted by molar-refractivity contribution is 0.327. The van der Waals surface area contributed by atoms with Crippen LogP contribution in [0.5, 0.6) is 0 Å². The van der Waals surface area contributed by atoms with Crippen molar-refractivity contribution < 1.29 is 28.7 Å². The molecule has 0 saturated heterocycles. The molecule has 0 aliphatic rings. The lowest BCUT2D eigenvalue weighted by atomic mass is 10.2. The second-order valence-electron chi connectivity index (χ2n) is 3.42. The Kier molecular flexibility index (Phi) is 4.63. The van der Waals surface area contributed by atoms with E-state index in [9.17, 15) is 9.13 Å². The smallest absolute Gasteiger partial charge is 0.323 e. The van der Waals surface area contributed by atoms with Gasteiger partial charge >= 0.3 is 15.2 Å². The van der Waals surface area contributed by atoms with E-state index < -0.39 is 20.7 Å². The molecule has 0 atom stereocenters. The zero-order chi connectivity index (χ0) is 13.1. The van der Waals surface area contributed by atoms with E-state index in [4.69, 9.17) is 19.6 Å². The van der Waals surface area contributed by atoms with Gasteiger partial charge in [0, 0.05) is 6.54 Å². The first-order chi connectivity index (χ1) is 7.71.